The van der Waals surface area contributed by atoms with Crippen LogP contribution < -0.4 is 11.1 Å². The van der Waals surface area contributed by atoms with E-state index >= 15 is 0 Å². The van der Waals surface area contributed by atoms with E-state index in [1.54, 1.807) is 0 Å². The van der Waals surface area contributed by atoms with Crippen molar-refractivity contribution in [3.63, 3.8) is 0 Å². The third kappa shape index (κ3) is 4.44. The molecule has 5 nitrogen and oxygen atoms in total. The summed E-state index contributed by atoms with van der Waals surface area (Å²) in [7, 11) is 0. The first-order valence-electron chi connectivity index (χ1n) is 7.54. The van der Waals surface area contributed by atoms with Crippen molar-refractivity contribution < 1.29 is 9.90 Å². The molecule has 1 amide bonds. The molecule has 0 aromatic carbocycles. The average Bonchev–Trinajstić information content (AvgIpc) is 2.86. The van der Waals surface area contributed by atoms with Crippen molar-refractivity contribution in [2.45, 2.75) is 38.1 Å². The Balaban J connectivity index is 1.64. The molecular weight excluding hydrogens is 242 g/mol. The number of nitrogens with zero attached hydrogens (tertiary/aromatic N) is 1. The number of nitrogens with two attached hydrogens (primary N) is 1. The molecule has 2 atom stereocenters. The second-order valence-electron chi connectivity index (χ2n) is 6.05. The lowest BCUT2D eigenvalue weighted by Gasteiger charge is -2.29. The smallest absolute Gasteiger partial charge is 0.234 e. The highest BCUT2D eigenvalue weighted by Gasteiger charge is 2.27. The van der Waals surface area contributed by atoms with Gasteiger partial charge in [-0.15, -0.1) is 0 Å². The van der Waals surface area contributed by atoms with Gasteiger partial charge in [-0.1, -0.05) is 6.42 Å². The zero-order valence-corrected chi connectivity index (χ0v) is 11.7. The standard InChI is InChI=1S/C14H27N3O2/c15-13-4-6-17(7-5-13)9-14(19)16-8-11-2-1-3-12(11)10-18/h11-13,18H,1-10,15H2,(H,16,19). The number of aliphatic hydroxyl groups excluding tert-OH is 1. The van der Waals surface area contributed by atoms with Gasteiger partial charge in [-0.3, -0.25) is 9.69 Å². The number of piperidine rings is 1. The van der Waals surface area contributed by atoms with Gasteiger partial charge in [0, 0.05) is 32.3 Å². The molecule has 2 unspecified atom stereocenters. The summed E-state index contributed by atoms with van der Waals surface area (Å²) < 4.78 is 0. The van der Waals surface area contributed by atoms with Crippen LogP contribution in [0.2, 0.25) is 0 Å². The van der Waals surface area contributed by atoms with E-state index in [2.05, 4.69) is 10.2 Å². The Kier molecular flexibility index (Phi) is 5.60. The first-order chi connectivity index (χ1) is 9.19. The number of hydrogen-bond acceptors (Lipinski definition) is 4. The maximum Gasteiger partial charge on any atom is 0.234 e. The maximum absolute atomic E-state index is 11.9. The van der Waals surface area contributed by atoms with Crippen molar-refractivity contribution in [1.82, 2.24) is 10.2 Å². The topological polar surface area (TPSA) is 78.6 Å². The quantitative estimate of drug-likeness (QED) is 0.653. The first-order valence-corrected chi connectivity index (χ1v) is 7.54. The van der Waals surface area contributed by atoms with E-state index in [1.165, 1.54) is 6.42 Å². The number of rotatable bonds is 5. The van der Waals surface area contributed by atoms with Crippen LogP contribution in [-0.4, -0.2) is 54.7 Å². The van der Waals surface area contributed by atoms with Crippen molar-refractivity contribution in [3.8, 4) is 0 Å². The summed E-state index contributed by atoms with van der Waals surface area (Å²) in [4.78, 5) is 14.1. The van der Waals surface area contributed by atoms with Crippen molar-refractivity contribution >= 4 is 5.91 Å². The normalized spacial score (nSPS) is 29.6. The van der Waals surface area contributed by atoms with Crippen molar-refractivity contribution in [3.05, 3.63) is 0 Å². The third-order valence-corrected chi connectivity index (χ3v) is 4.61. The minimum atomic E-state index is 0.110. The minimum Gasteiger partial charge on any atom is -0.396 e. The van der Waals surface area contributed by atoms with E-state index in [9.17, 15) is 9.90 Å². The molecule has 1 aliphatic heterocycles. The van der Waals surface area contributed by atoms with Crippen LogP contribution in [0, 0.1) is 11.8 Å². The van der Waals surface area contributed by atoms with Gasteiger partial charge in [0.05, 0.1) is 6.54 Å². The lowest BCUT2D eigenvalue weighted by Crippen LogP contribution is -2.45. The molecule has 1 saturated carbocycles. The second kappa shape index (κ2) is 7.22. The van der Waals surface area contributed by atoms with Gasteiger partial charge in [-0.05, 0) is 37.5 Å². The lowest BCUT2D eigenvalue weighted by atomic mass is 9.97. The molecule has 0 spiro atoms. The van der Waals surface area contributed by atoms with Gasteiger partial charge in [0.2, 0.25) is 5.91 Å². The Bertz CT molecular complexity index is 290. The van der Waals surface area contributed by atoms with Gasteiger partial charge in [0.15, 0.2) is 0 Å². The number of likely N-dealkylation sites (tertiary alicyclic amines) is 1. The fraction of sp³-hybridized carbons (Fsp3) is 0.929. The van der Waals surface area contributed by atoms with Gasteiger partial charge < -0.3 is 16.2 Å². The molecule has 1 aliphatic carbocycles. The van der Waals surface area contributed by atoms with Gasteiger partial charge in [-0.25, -0.2) is 0 Å². The SMILES string of the molecule is NC1CCN(CC(=O)NCC2CCCC2CO)CC1. The van der Waals surface area contributed by atoms with Crippen LogP contribution in [0.4, 0.5) is 0 Å². The largest absolute Gasteiger partial charge is 0.396 e. The zero-order valence-electron chi connectivity index (χ0n) is 11.7. The highest BCUT2D eigenvalue weighted by atomic mass is 16.3. The number of amides is 1. The summed E-state index contributed by atoms with van der Waals surface area (Å²) in [5, 5.41) is 12.3. The number of aliphatic hydroxyl groups is 1. The lowest BCUT2D eigenvalue weighted by molar-refractivity contribution is -0.122. The van der Waals surface area contributed by atoms with Crippen LogP contribution in [0.5, 0.6) is 0 Å². The minimum absolute atomic E-state index is 0.110. The highest BCUT2D eigenvalue weighted by molar-refractivity contribution is 5.78. The van der Waals surface area contributed by atoms with E-state index in [0.717, 1.165) is 45.3 Å². The van der Waals surface area contributed by atoms with E-state index in [-0.39, 0.29) is 12.5 Å². The molecule has 110 valence electrons. The Morgan fingerprint density at radius 2 is 1.89 bits per heavy atom. The van der Waals surface area contributed by atoms with Gasteiger partial charge >= 0.3 is 0 Å². The van der Waals surface area contributed by atoms with Gasteiger partial charge in [0.25, 0.3) is 0 Å². The Hall–Kier alpha value is -0.650. The second-order valence-corrected chi connectivity index (χ2v) is 6.05. The maximum atomic E-state index is 11.9. The van der Waals surface area contributed by atoms with Crippen molar-refractivity contribution in [2.24, 2.45) is 17.6 Å². The van der Waals surface area contributed by atoms with Crippen LogP contribution in [0.15, 0.2) is 0 Å². The summed E-state index contributed by atoms with van der Waals surface area (Å²) in [5.41, 5.74) is 5.85. The van der Waals surface area contributed by atoms with Crippen LogP contribution >= 0.6 is 0 Å². The highest BCUT2D eigenvalue weighted by Crippen LogP contribution is 2.30. The molecule has 0 aromatic heterocycles. The van der Waals surface area contributed by atoms with E-state index in [1.807, 2.05) is 0 Å². The molecular formula is C14H27N3O2. The van der Waals surface area contributed by atoms with Crippen LogP contribution in [0.1, 0.15) is 32.1 Å². The van der Waals surface area contributed by atoms with E-state index < -0.39 is 0 Å². The fourth-order valence-electron chi connectivity index (χ4n) is 3.24. The zero-order chi connectivity index (χ0) is 13.7. The van der Waals surface area contributed by atoms with Crippen LogP contribution in [0.3, 0.4) is 0 Å². The monoisotopic (exact) mass is 269 g/mol. The summed E-state index contributed by atoms with van der Waals surface area (Å²) in [6.07, 6.45) is 5.38. The summed E-state index contributed by atoms with van der Waals surface area (Å²) in [6, 6.07) is 0.308. The first kappa shape index (κ1) is 14.8. The number of hydrogen-bond donors (Lipinski definition) is 3. The van der Waals surface area contributed by atoms with Crippen LogP contribution in [-0.2, 0) is 4.79 Å². The van der Waals surface area contributed by atoms with E-state index in [4.69, 9.17) is 5.73 Å². The molecule has 2 aliphatic rings. The molecule has 1 saturated heterocycles. The summed E-state index contributed by atoms with van der Waals surface area (Å²) >= 11 is 0. The van der Waals surface area contributed by atoms with E-state index in [0.29, 0.717) is 24.4 Å². The summed E-state index contributed by atoms with van der Waals surface area (Å²) in [6.45, 7) is 3.32. The molecule has 1 heterocycles. The molecule has 0 radical (unpaired) electrons. The molecule has 5 heteroatoms. The molecule has 2 rings (SSSR count). The van der Waals surface area contributed by atoms with Gasteiger partial charge in [0.1, 0.15) is 0 Å². The molecule has 0 aromatic rings. The van der Waals surface area contributed by atoms with Gasteiger partial charge in [-0.2, -0.15) is 0 Å². The Morgan fingerprint density at radius 1 is 1.21 bits per heavy atom. The van der Waals surface area contributed by atoms with Crippen molar-refractivity contribution in [2.75, 3.05) is 32.8 Å². The number of carbonyl (C=O) groups excluding carboxylic acids is 1. The third-order valence-electron chi connectivity index (χ3n) is 4.61. The van der Waals surface area contributed by atoms with Crippen molar-refractivity contribution in [1.29, 1.82) is 0 Å². The fourth-order valence-corrected chi connectivity index (χ4v) is 3.24. The molecule has 2 fully saturated rings. The Morgan fingerprint density at radius 3 is 2.58 bits per heavy atom. The average molecular weight is 269 g/mol. The van der Waals surface area contributed by atoms with Crippen LogP contribution in [0.25, 0.3) is 0 Å². The predicted molar refractivity (Wildman–Crippen MR) is 74.6 cm³/mol. The number of nitrogens with one attached hydrogen (secondary N) is 1. The molecule has 19 heavy (non-hydrogen) atoms. The molecule has 4 N–H and O–H groups in total. The Labute approximate surface area is 115 Å². The molecule has 0 bridgehead atoms. The summed E-state index contributed by atoms with van der Waals surface area (Å²) in [5.74, 6) is 0.955. The number of carbonyl (C=O) groups is 1. The predicted octanol–water partition coefficient (Wildman–Crippen LogP) is -0.0657.